The first-order chi connectivity index (χ1) is 11.9. The molecule has 4 aliphatic rings. The first kappa shape index (κ1) is 17.6. The summed E-state index contributed by atoms with van der Waals surface area (Å²) in [5.41, 5.74) is 2.45. The van der Waals surface area contributed by atoms with Gasteiger partial charge in [-0.25, -0.2) is 0 Å². The van der Waals surface area contributed by atoms with Gasteiger partial charge in [0.25, 0.3) is 0 Å². The van der Waals surface area contributed by atoms with E-state index in [2.05, 4.69) is 26.8 Å². The Labute approximate surface area is 153 Å². The number of carbonyl (C=O) groups is 1. The van der Waals surface area contributed by atoms with Crippen LogP contribution < -0.4 is 0 Å². The van der Waals surface area contributed by atoms with E-state index in [-0.39, 0.29) is 17.5 Å². The second-order valence-electron chi connectivity index (χ2n) is 10.0. The predicted molar refractivity (Wildman–Crippen MR) is 101 cm³/mol. The van der Waals surface area contributed by atoms with E-state index < -0.39 is 0 Å². The Kier molecular flexibility index (Phi) is 4.32. The average Bonchev–Trinajstić information content (AvgIpc) is 2.90. The molecule has 7 unspecified atom stereocenters. The average molecular weight is 345 g/mol. The van der Waals surface area contributed by atoms with Crippen molar-refractivity contribution >= 4 is 5.97 Å². The summed E-state index contributed by atoms with van der Waals surface area (Å²) < 4.78 is 5.78. The van der Waals surface area contributed by atoms with Crippen LogP contribution in [0.4, 0.5) is 0 Å². The molecule has 0 aliphatic heterocycles. The third-order valence-electron chi connectivity index (χ3n) is 9.08. The number of esters is 1. The quantitative estimate of drug-likeness (QED) is 0.460. The molecule has 25 heavy (non-hydrogen) atoms. The molecule has 3 saturated carbocycles. The van der Waals surface area contributed by atoms with Gasteiger partial charge in [0.2, 0.25) is 0 Å². The summed E-state index contributed by atoms with van der Waals surface area (Å²) in [5, 5.41) is 0. The standard InChI is InChI=1S/C23H36O2/c1-5-16-10-12-22(3)17(14-16)6-7-18-19-8-9-21(25-15(2)24)23(19,4)13-11-20(18)22/h10,17-21H,5-9,11-14H2,1-4H3. The number of rotatable bonds is 2. The lowest BCUT2D eigenvalue weighted by atomic mass is 9.45. The zero-order valence-electron chi connectivity index (χ0n) is 16.6. The van der Waals surface area contributed by atoms with Gasteiger partial charge in [-0.2, -0.15) is 0 Å². The largest absolute Gasteiger partial charge is 0.462 e. The highest BCUT2D eigenvalue weighted by atomic mass is 16.5. The van der Waals surface area contributed by atoms with Crippen LogP contribution in [-0.2, 0) is 9.53 Å². The first-order valence-corrected chi connectivity index (χ1v) is 10.7. The van der Waals surface area contributed by atoms with Crippen LogP contribution in [0.25, 0.3) is 0 Å². The predicted octanol–water partition coefficient (Wildman–Crippen LogP) is 5.91. The van der Waals surface area contributed by atoms with Gasteiger partial charge in [-0.3, -0.25) is 4.79 Å². The topological polar surface area (TPSA) is 26.3 Å². The number of hydrogen-bond donors (Lipinski definition) is 0. The molecule has 0 amide bonds. The van der Waals surface area contributed by atoms with E-state index in [0.29, 0.717) is 5.41 Å². The van der Waals surface area contributed by atoms with Crippen molar-refractivity contribution in [2.24, 2.45) is 34.5 Å². The highest BCUT2D eigenvalue weighted by molar-refractivity contribution is 5.66. The summed E-state index contributed by atoms with van der Waals surface area (Å²) in [6, 6.07) is 0. The fourth-order valence-electron chi connectivity index (χ4n) is 7.59. The van der Waals surface area contributed by atoms with Gasteiger partial charge in [-0.15, -0.1) is 0 Å². The first-order valence-electron chi connectivity index (χ1n) is 10.7. The Hall–Kier alpha value is -0.790. The van der Waals surface area contributed by atoms with E-state index >= 15 is 0 Å². The van der Waals surface area contributed by atoms with Crippen molar-refractivity contribution in [2.45, 2.75) is 91.6 Å². The van der Waals surface area contributed by atoms with Gasteiger partial charge in [0, 0.05) is 12.3 Å². The highest BCUT2D eigenvalue weighted by Gasteiger charge is 2.60. The van der Waals surface area contributed by atoms with Crippen LogP contribution in [0.15, 0.2) is 11.6 Å². The number of fused-ring (bicyclic) bond motifs is 5. The smallest absolute Gasteiger partial charge is 0.302 e. The monoisotopic (exact) mass is 344 g/mol. The minimum absolute atomic E-state index is 0.0887. The Morgan fingerprint density at radius 1 is 1.12 bits per heavy atom. The van der Waals surface area contributed by atoms with Crippen LogP contribution in [0.1, 0.15) is 85.5 Å². The van der Waals surface area contributed by atoms with E-state index in [1.165, 1.54) is 51.4 Å². The molecule has 4 aliphatic carbocycles. The fourth-order valence-corrected chi connectivity index (χ4v) is 7.59. The lowest BCUT2D eigenvalue weighted by Crippen LogP contribution is -2.53. The summed E-state index contributed by atoms with van der Waals surface area (Å²) in [5.74, 6) is 3.33. The van der Waals surface area contributed by atoms with Crippen molar-refractivity contribution < 1.29 is 9.53 Å². The van der Waals surface area contributed by atoms with Gasteiger partial charge < -0.3 is 4.74 Å². The molecular weight excluding hydrogens is 308 g/mol. The second kappa shape index (κ2) is 6.13. The SMILES string of the molecule is CCC1=CCC2(C)C(CCC3C2CCC2(C)C(OC(C)=O)CCC32)C1. The molecule has 0 heterocycles. The molecule has 0 aromatic rings. The third-order valence-corrected chi connectivity index (χ3v) is 9.08. The van der Waals surface area contributed by atoms with Crippen molar-refractivity contribution in [3.8, 4) is 0 Å². The van der Waals surface area contributed by atoms with Gasteiger partial charge in [0.05, 0.1) is 0 Å². The molecule has 0 aromatic heterocycles. The Morgan fingerprint density at radius 3 is 2.60 bits per heavy atom. The Bertz CT molecular complexity index is 579. The molecule has 0 radical (unpaired) electrons. The molecule has 3 fully saturated rings. The van der Waals surface area contributed by atoms with Gasteiger partial charge in [-0.1, -0.05) is 32.4 Å². The zero-order chi connectivity index (χ0) is 17.8. The van der Waals surface area contributed by atoms with Crippen molar-refractivity contribution in [3.05, 3.63) is 11.6 Å². The molecule has 0 N–H and O–H groups in total. The molecule has 0 aromatic carbocycles. The second-order valence-corrected chi connectivity index (χ2v) is 10.0. The van der Waals surface area contributed by atoms with Gasteiger partial charge >= 0.3 is 5.97 Å². The molecule has 4 rings (SSSR count). The minimum Gasteiger partial charge on any atom is -0.462 e. The molecule has 0 bridgehead atoms. The van der Waals surface area contributed by atoms with Crippen molar-refractivity contribution in [1.82, 2.24) is 0 Å². The van der Waals surface area contributed by atoms with E-state index in [1.807, 2.05) is 0 Å². The van der Waals surface area contributed by atoms with Crippen molar-refractivity contribution in [2.75, 3.05) is 0 Å². The van der Waals surface area contributed by atoms with Crippen LogP contribution in [0.5, 0.6) is 0 Å². The van der Waals surface area contributed by atoms with Gasteiger partial charge in [0.1, 0.15) is 6.10 Å². The summed E-state index contributed by atoms with van der Waals surface area (Å²) in [4.78, 5) is 11.6. The fraction of sp³-hybridized carbons (Fsp3) is 0.870. The van der Waals surface area contributed by atoms with Crippen LogP contribution in [0, 0.1) is 34.5 Å². The van der Waals surface area contributed by atoms with Crippen LogP contribution in [-0.4, -0.2) is 12.1 Å². The maximum atomic E-state index is 11.6. The number of carbonyl (C=O) groups excluding carboxylic acids is 1. The summed E-state index contributed by atoms with van der Waals surface area (Å²) in [7, 11) is 0. The zero-order valence-corrected chi connectivity index (χ0v) is 16.6. The maximum Gasteiger partial charge on any atom is 0.302 e. The minimum atomic E-state index is -0.0887. The van der Waals surface area contributed by atoms with E-state index in [1.54, 1.807) is 12.5 Å². The lowest BCUT2D eigenvalue weighted by molar-refractivity contribution is -0.159. The van der Waals surface area contributed by atoms with E-state index in [0.717, 1.165) is 30.1 Å². The number of hydrogen-bond acceptors (Lipinski definition) is 2. The molecule has 140 valence electrons. The molecule has 7 atom stereocenters. The molecular formula is C23H36O2. The van der Waals surface area contributed by atoms with Crippen LogP contribution >= 0.6 is 0 Å². The number of ether oxygens (including phenoxy) is 1. The maximum absolute atomic E-state index is 11.6. The lowest BCUT2D eigenvalue weighted by Gasteiger charge is -2.60. The Balaban J connectivity index is 1.58. The summed E-state index contributed by atoms with van der Waals surface area (Å²) >= 11 is 0. The van der Waals surface area contributed by atoms with Gasteiger partial charge in [0.15, 0.2) is 0 Å². The van der Waals surface area contributed by atoms with Crippen molar-refractivity contribution in [3.63, 3.8) is 0 Å². The molecule has 2 nitrogen and oxygen atoms in total. The van der Waals surface area contributed by atoms with Crippen LogP contribution in [0.3, 0.4) is 0 Å². The number of allylic oxidation sites excluding steroid dienone is 2. The van der Waals surface area contributed by atoms with E-state index in [4.69, 9.17) is 4.74 Å². The van der Waals surface area contributed by atoms with Gasteiger partial charge in [-0.05, 0) is 86.9 Å². The third kappa shape index (κ3) is 2.61. The normalized spacial score (nSPS) is 48.8. The summed E-state index contributed by atoms with van der Waals surface area (Å²) in [6.07, 6.45) is 14.4. The van der Waals surface area contributed by atoms with E-state index in [9.17, 15) is 4.79 Å². The summed E-state index contributed by atoms with van der Waals surface area (Å²) in [6.45, 7) is 8.94. The highest BCUT2D eigenvalue weighted by Crippen LogP contribution is 2.66. The molecule has 2 heteroatoms. The van der Waals surface area contributed by atoms with Crippen molar-refractivity contribution in [1.29, 1.82) is 0 Å². The molecule has 0 saturated heterocycles. The molecule has 0 spiro atoms. The van der Waals surface area contributed by atoms with Crippen LogP contribution in [0.2, 0.25) is 0 Å². The Morgan fingerprint density at radius 2 is 1.88 bits per heavy atom.